The smallest absolute Gasteiger partial charge is 0.321 e. The zero-order valence-corrected chi connectivity index (χ0v) is 11.4. The quantitative estimate of drug-likeness (QED) is 0.730. The van der Waals surface area contributed by atoms with Crippen molar-refractivity contribution >= 4 is 16.0 Å². The number of aliphatic carboxylic acids is 1. The van der Waals surface area contributed by atoms with Gasteiger partial charge >= 0.3 is 5.97 Å². The third-order valence-electron chi connectivity index (χ3n) is 2.43. The van der Waals surface area contributed by atoms with Crippen molar-refractivity contribution in [2.75, 3.05) is 13.7 Å². The number of rotatable bonds is 8. The third kappa shape index (κ3) is 5.82. The lowest BCUT2D eigenvalue weighted by Crippen LogP contribution is -2.41. The highest BCUT2D eigenvalue weighted by Gasteiger charge is 2.23. The molecule has 0 fully saturated rings. The Hall–Kier alpha value is -1.44. The van der Waals surface area contributed by atoms with Crippen LogP contribution in [0, 0.1) is 0 Å². The molecule has 1 rings (SSSR count). The van der Waals surface area contributed by atoms with Gasteiger partial charge in [-0.15, -0.1) is 0 Å². The molecule has 0 saturated carbocycles. The van der Waals surface area contributed by atoms with E-state index >= 15 is 0 Å². The van der Waals surface area contributed by atoms with Gasteiger partial charge in [0.25, 0.3) is 0 Å². The van der Waals surface area contributed by atoms with Gasteiger partial charge in [-0.2, -0.15) is 0 Å². The normalized spacial score (nSPS) is 13.1. The fourth-order valence-electron chi connectivity index (χ4n) is 1.52. The SMILES string of the molecule is COCCC(NS(=O)(=O)Cc1ccccc1)C(=O)O. The summed E-state index contributed by atoms with van der Waals surface area (Å²) >= 11 is 0. The number of hydrogen-bond donors (Lipinski definition) is 2. The van der Waals surface area contributed by atoms with Crippen LogP contribution in [0.1, 0.15) is 12.0 Å². The van der Waals surface area contributed by atoms with Gasteiger partial charge in [0.1, 0.15) is 6.04 Å². The number of methoxy groups -OCH3 is 1. The molecule has 1 aromatic carbocycles. The fourth-order valence-corrected chi connectivity index (χ4v) is 2.89. The van der Waals surface area contributed by atoms with E-state index in [2.05, 4.69) is 4.72 Å². The predicted octanol–water partition coefficient (Wildman–Crippen LogP) is 0.596. The molecule has 1 atom stereocenters. The average Bonchev–Trinajstić information content (AvgIpc) is 2.34. The summed E-state index contributed by atoms with van der Waals surface area (Å²) in [7, 11) is -2.27. The molecule has 1 aromatic rings. The molecular formula is C12H17NO5S. The summed E-state index contributed by atoms with van der Waals surface area (Å²) in [6.45, 7) is 0.171. The molecular weight excluding hydrogens is 270 g/mol. The first-order valence-corrected chi connectivity index (χ1v) is 7.35. The van der Waals surface area contributed by atoms with Gasteiger partial charge in [0, 0.05) is 13.7 Å². The molecule has 0 radical (unpaired) electrons. The Bertz CT molecular complexity index is 500. The Kier molecular flexibility index (Phi) is 5.94. The summed E-state index contributed by atoms with van der Waals surface area (Å²) in [6.07, 6.45) is 0.0832. The fraction of sp³-hybridized carbons (Fsp3) is 0.417. The van der Waals surface area contributed by atoms with Crippen LogP contribution < -0.4 is 4.72 Å². The van der Waals surface area contributed by atoms with Crippen molar-refractivity contribution in [1.82, 2.24) is 4.72 Å². The van der Waals surface area contributed by atoms with Crippen molar-refractivity contribution in [2.24, 2.45) is 0 Å². The molecule has 0 heterocycles. The summed E-state index contributed by atoms with van der Waals surface area (Å²) in [4.78, 5) is 11.0. The molecule has 1 unspecified atom stereocenters. The van der Waals surface area contributed by atoms with Gasteiger partial charge in [0.15, 0.2) is 0 Å². The van der Waals surface area contributed by atoms with E-state index < -0.39 is 22.0 Å². The molecule has 0 aromatic heterocycles. The molecule has 0 amide bonds. The minimum absolute atomic E-state index is 0.0832. The van der Waals surface area contributed by atoms with Crippen LogP contribution >= 0.6 is 0 Å². The molecule has 0 bridgehead atoms. The van der Waals surface area contributed by atoms with Crippen LogP contribution in [-0.2, 0) is 25.3 Å². The van der Waals surface area contributed by atoms with Crippen LogP contribution in [0.15, 0.2) is 30.3 Å². The summed E-state index contributed by atoms with van der Waals surface area (Å²) < 4.78 is 30.7. The molecule has 19 heavy (non-hydrogen) atoms. The van der Waals surface area contributed by atoms with Crippen LogP contribution in [0.2, 0.25) is 0 Å². The van der Waals surface area contributed by atoms with Crippen LogP contribution in [0.5, 0.6) is 0 Å². The van der Waals surface area contributed by atoms with Crippen molar-refractivity contribution in [3.8, 4) is 0 Å². The molecule has 0 aliphatic heterocycles. The molecule has 106 valence electrons. The second-order valence-corrected chi connectivity index (χ2v) is 5.79. The number of sulfonamides is 1. The zero-order chi connectivity index (χ0) is 14.3. The van der Waals surface area contributed by atoms with E-state index in [0.29, 0.717) is 5.56 Å². The monoisotopic (exact) mass is 287 g/mol. The minimum atomic E-state index is -3.70. The van der Waals surface area contributed by atoms with Gasteiger partial charge in [-0.05, 0) is 12.0 Å². The van der Waals surface area contributed by atoms with E-state index in [0.717, 1.165) is 0 Å². The van der Waals surface area contributed by atoms with E-state index in [1.54, 1.807) is 30.3 Å². The second-order valence-electron chi connectivity index (χ2n) is 4.03. The first-order chi connectivity index (χ1) is 8.94. The number of carboxylic acid groups (broad SMARTS) is 1. The van der Waals surface area contributed by atoms with Gasteiger partial charge < -0.3 is 9.84 Å². The van der Waals surface area contributed by atoms with Crippen molar-refractivity contribution in [2.45, 2.75) is 18.2 Å². The van der Waals surface area contributed by atoms with Crippen molar-refractivity contribution in [3.63, 3.8) is 0 Å². The third-order valence-corrected chi connectivity index (χ3v) is 3.79. The van der Waals surface area contributed by atoms with E-state index in [-0.39, 0.29) is 18.8 Å². The van der Waals surface area contributed by atoms with Crippen LogP contribution in [0.25, 0.3) is 0 Å². The van der Waals surface area contributed by atoms with Gasteiger partial charge in [-0.1, -0.05) is 30.3 Å². The maximum atomic E-state index is 11.9. The Labute approximate surface area is 112 Å². The topological polar surface area (TPSA) is 92.7 Å². The Morgan fingerprint density at radius 1 is 1.37 bits per heavy atom. The summed E-state index contributed by atoms with van der Waals surface area (Å²) in [5.41, 5.74) is 0.603. The van der Waals surface area contributed by atoms with E-state index in [4.69, 9.17) is 9.84 Å². The number of nitrogens with one attached hydrogen (secondary N) is 1. The standard InChI is InChI=1S/C12H17NO5S/c1-18-8-7-11(12(14)15)13-19(16,17)9-10-5-3-2-4-6-10/h2-6,11,13H,7-9H2,1H3,(H,14,15). The number of ether oxygens (including phenoxy) is 1. The number of carboxylic acids is 1. The first kappa shape index (κ1) is 15.6. The molecule has 2 N–H and O–H groups in total. The molecule has 0 aliphatic carbocycles. The van der Waals surface area contributed by atoms with E-state index in [9.17, 15) is 13.2 Å². The summed E-state index contributed by atoms with van der Waals surface area (Å²) in [5.74, 6) is -1.46. The van der Waals surface area contributed by atoms with Crippen molar-refractivity contribution in [1.29, 1.82) is 0 Å². The number of hydrogen-bond acceptors (Lipinski definition) is 4. The largest absolute Gasteiger partial charge is 0.480 e. The summed E-state index contributed by atoms with van der Waals surface area (Å²) in [6, 6.07) is 7.40. The van der Waals surface area contributed by atoms with Gasteiger partial charge in [-0.25, -0.2) is 13.1 Å². The van der Waals surface area contributed by atoms with Gasteiger partial charge in [-0.3, -0.25) is 4.79 Å². The molecule has 0 saturated heterocycles. The van der Waals surface area contributed by atoms with Crippen LogP contribution in [0.4, 0.5) is 0 Å². The maximum Gasteiger partial charge on any atom is 0.321 e. The molecule has 7 heteroatoms. The van der Waals surface area contributed by atoms with Crippen molar-refractivity contribution in [3.05, 3.63) is 35.9 Å². The van der Waals surface area contributed by atoms with Gasteiger partial charge in [0.05, 0.1) is 5.75 Å². The maximum absolute atomic E-state index is 11.9. The van der Waals surface area contributed by atoms with E-state index in [1.165, 1.54) is 7.11 Å². The molecule has 0 aliphatic rings. The highest BCUT2D eigenvalue weighted by atomic mass is 32.2. The second kappa shape index (κ2) is 7.22. The Morgan fingerprint density at radius 2 is 2.00 bits per heavy atom. The van der Waals surface area contributed by atoms with Crippen LogP contribution in [-0.4, -0.2) is 39.3 Å². The summed E-state index contributed by atoms with van der Waals surface area (Å²) in [5, 5.41) is 8.95. The first-order valence-electron chi connectivity index (χ1n) is 5.70. The molecule has 6 nitrogen and oxygen atoms in total. The predicted molar refractivity (Wildman–Crippen MR) is 70.1 cm³/mol. The average molecular weight is 287 g/mol. The van der Waals surface area contributed by atoms with E-state index in [1.807, 2.05) is 0 Å². The zero-order valence-electron chi connectivity index (χ0n) is 10.6. The van der Waals surface area contributed by atoms with Crippen LogP contribution in [0.3, 0.4) is 0 Å². The Balaban J connectivity index is 2.69. The number of benzene rings is 1. The van der Waals surface area contributed by atoms with Crippen molar-refractivity contribution < 1.29 is 23.1 Å². The highest BCUT2D eigenvalue weighted by molar-refractivity contribution is 7.88. The van der Waals surface area contributed by atoms with Gasteiger partial charge in [0.2, 0.25) is 10.0 Å². The Morgan fingerprint density at radius 3 is 2.53 bits per heavy atom. The lowest BCUT2D eigenvalue weighted by atomic mass is 10.2. The highest BCUT2D eigenvalue weighted by Crippen LogP contribution is 2.06. The lowest BCUT2D eigenvalue weighted by molar-refractivity contribution is -0.139. The minimum Gasteiger partial charge on any atom is -0.480 e. The molecule has 0 spiro atoms. The lowest BCUT2D eigenvalue weighted by Gasteiger charge is -2.14. The number of carbonyl (C=O) groups is 1.